The van der Waals surface area contributed by atoms with Crippen molar-refractivity contribution in [2.45, 2.75) is 32.2 Å². The number of nitrogens with zero attached hydrogens (tertiary/aromatic N) is 1. The minimum absolute atomic E-state index is 0.0470. The first-order valence-corrected chi connectivity index (χ1v) is 6.44. The van der Waals surface area contributed by atoms with E-state index in [0.29, 0.717) is 19.0 Å². The van der Waals surface area contributed by atoms with Crippen molar-refractivity contribution in [3.8, 4) is 0 Å². The topological polar surface area (TPSA) is 23.5 Å². The van der Waals surface area contributed by atoms with Gasteiger partial charge in [-0.05, 0) is 29.9 Å². The lowest BCUT2D eigenvalue weighted by atomic mass is 10.1. The number of rotatable bonds is 6. The number of halogens is 3. The highest BCUT2D eigenvalue weighted by Crippen LogP contribution is 2.31. The van der Waals surface area contributed by atoms with E-state index in [1.165, 1.54) is 4.90 Å². The molecule has 1 aromatic carbocycles. The summed E-state index contributed by atoms with van der Waals surface area (Å²) in [6, 6.07) is 7.06. The Labute approximate surface area is 110 Å². The number of benzene rings is 1. The lowest BCUT2D eigenvalue weighted by Crippen LogP contribution is -2.35. The van der Waals surface area contributed by atoms with Crippen molar-refractivity contribution in [1.82, 2.24) is 4.90 Å². The van der Waals surface area contributed by atoms with Gasteiger partial charge >= 0.3 is 6.18 Å². The number of hydrogen-bond acceptors (Lipinski definition) is 2. The minimum atomic E-state index is -4.15. The highest BCUT2D eigenvalue weighted by molar-refractivity contribution is 5.21. The third kappa shape index (κ3) is 5.20. The van der Waals surface area contributed by atoms with Gasteiger partial charge < -0.3 is 5.11 Å². The van der Waals surface area contributed by atoms with Gasteiger partial charge in [0, 0.05) is 13.1 Å². The summed E-state index contributed by atoms with van der Waals surface area (Å²) >= 11 is 0. The quantitative estimate of drug-likeness (QED) is 0.861. The van der Waals surface area contributed by atoms with Crippen molar-refractivity contribution in [3.05, 3.63) is 35.4 Å². The maximum absolute atomic E-state index is 12.5. The Bertz CT molecular complexity index is 398. The third-order valence-corrected chi connectivity index (χ3v) is 3.23. The van der Waals surface area contributed by atoms with Crippen molar-refractivity contribution >= 4 is 0 Å². The van der Waals surface area contributed by atoms with Crippen LogP contribution >= 0.6 is 0 Å². The highest BCUT2D eigenvalue weighted by Gasteiger charge is 2.33. The van der Waals surface area contributed by atoms with E-state index < -0.39 is 12.7 Å². The summed E-state index contributed by atoms with van der Waals surface area (Å²) in [6.07, 6.45) is -2.07. The van der Waals surface area contributed by atoms with Crippen LogP contribution < -0.4 is 0 Å². The van der Waals surface area contributed by atoms with E-state index in [9.17, 15) is 13.2 Å². The maximum Gasteiger partial charge on any atom is 0.401 e. The first kappa shape index (κ1) is 14.3. The molecule has 0 heterocycles. The Morgan fingerprint density at radius 1 is 1.11 bits per heavy atom. The monoisotopic (exact) mass is 273 g/mol. The fraction of sp³-hybridized carbons (Fsp3) is 0.571. The molecule has 0 unspecified atom stereocenters. The SMILES string of the molecule is OCc1ccc(CN(CC2CC2)CC(F)(F)F)cc1. The minimum Gasteiger partial charge on any atom is -0.392 e. The molecule has 19 heavy (non-hydrogen) atoms. The average Bonchev–Trinajstić information content (AvgIpc) is 3.12. The van der Waals surface area contributed by atoms with Gasteiger partial charge in [0.15, 0.2) is 0 Å². The normalized spacial score (nSPS) is 16.1. The van der Waals surface area contributed by atoms with Crippen molar-refractivity contribution in [1.29, 1.82) is 0 Å². The van der Waals surface area contributed by atoms with Crippen molar-refractivity contribution in [2.75, 3.05) is 13.1 Å². The van der Waals surface area contributed by atoms with Gasteiger partial charge in [0.1, 0.15) is 0 Å². The third-order valence-electron chi connectivity index (χ3n) is 3.23. The molecule has 2 nitrogen and oxygen atoms in total. The number of alkyl halides is 3. The van der Waals surface area contributed by atoms with Gasteiger partial charge in [-0.2, -0.15) is 13.2 Å². The van der Waals surface area contributed by atoms with E-state index in [2.05, 4.69) is 0 Å². The van der Waals surface area contributed by atoms with Crippen LogP contribution in [-0.4, -0.2) is 29.3 Å². The summed E-state index contributed by atoms with van der Waals surface area (Å²) in [5, 5.41) is 8.93. The van der Waals surface area contributed by atoms with Crippen LogP contribution in [0.4, 0.5) is 13.2 Å². The Kier molecular flexibility index (Phi) is 4.47. The van der Waals surface area contributed by atoms with Gasteiger partial charge in [0.05, 0.1) is 13.2 Å². The highest BCUT2D eigenvalue weighted by atomic mass is 19.4. The fourth-order valence-corrected chi connectivity index (χ4v) is 2.11. The predicted molar refractivity (Wildman–Crippen MR) is 66.4 cm³/mol. The molecule has 1 aromatic rings. The first-order valence-electron chi connectivity index (χ1n) is 6.44. The summed E-state index contributed by atoms with van der Waals surface area (Å²) in [4.78, 5) is 1.46. The number of hydrogen-bond donors (Lipinski definition) is 1. The zero-order valence-electron chi connectivity index (χ0n) is 10.7. The molecule has 0 aliphatic heterocycles. The van der Waals surface area contributed by atoms with Gasteiger partial charge in [0.2, 0.25) is 0 Å². The van der Waals surface area contributed by atoms with Gasteiger partial charge in [-0.25, -0.2) is 0 Å². The summed E-state index contributed by atoms with van der Waals surface area (Å²) in [6.45, 7) is -0.0805. The Hall–Kier alpha value is -1.07. The molecular weight excluding hydrogens is 255 g/mol. The van der Waals surface area contributed by atoms with E-state index in [0.717, 1.165) is 24.0 Å². The molecule has 0 amide bonds. The van der Waals surface area contributed by atoms with Crippen LogP contribution in [0.25, 0.3) is 0 Å². The molecule has 5 heteroatoms. The molecule has 1 fully saturated rings. The summed E-state index contributed by atoms with van der Waals surface area (Å²) < 4.78 is 37.6. The fourth-order valence-electron chi connectivity index (χ4n) is 2.11. The standard InChI is InChI=1S/C14H18F3NO/c15-14(16,17)10-18(7-11-1-2-11)8-12-3-5-13(9-19)6-4-12/h3-6,11,19H,1-2,7-10H2. The molecular formula is C14H18F3NO. The largest absolute Gasteiger partial charge is 0.401 e. The number of aliphatic hydroxyl groups is 1. The van der Waals surface area contributed by atoms with Gasteiger partial charge in [-0.15, -0.1) is 0 Å². The second-order valence-electron chi connectivity index (χ2n) is 5.20. The van der Waals surface area contributed by atoms with Crippen LogP contribution in [0.3, 0.4) is 0 Å². The molecule has 0 atom stereocenters. The zero-order chi connectivity index (χ0) is 13.9. The summed E-state index contributed by atoms with van der Waals surface area (Å²) in [5.41, 5.74) is 1.62. The molecule has 0 spiro atoms. The van der Waals surface area contributed by atoms with Crippen LogP contribution in [-0.2, 0) is 13.2 Å². The first-order chi connectivity index (χ1) is 8.96. The Balaban J connectivity index is 1.96. The molecule has 1 N–H and O–H groups in total. The smallest absolute Gasteiger partial charge is 0.392 e. The van der Waals surface area contributed by atoms with Gasteiger partial charge in [0.25, 0.3) is 0 Å². The second-order valence-corrected chi connectivity index (χ2v) is 5.20. The zero-order valence-corrected chi connectivity index (χ0v) is 10.7. The van der Waals surface area contributed by atoms with Gasteiger partial charge in [-0.3, -0.25) is 4.90 Å². The van der Waals surface area contributed by atoms with Crippen LogP contribution in [0.2, 0.25) is 0 Å². The van der Waals surface area contributed by atoms with E-state index in [-0.39, 0.29) is 6.61 Å². The summed E-state index contributed by atoms with van der Waals surface area (Å²) in [7, 11) is 0. The molecule has 1 saturated carbocycles. The predicted octanol–water partition coefficient (Wildman–Crippen LogP) is 2.95. The molecule has 1 aliphatic carbocycles. The summed E-state index contributed by atoms with van der Waals surface area (Å²) in [5.74, 6) is 0.430. The molecule has 1 aliphatic rings. The van der Waals surface area contributed by atoms with Crippen LogP contribution in [0, 0.1) is 5.92 Å². The van der Waals surface area contributed by atoms with E-state index in [1.807, 2.05) is 0 Å². The van der Waals surface area contributed by atoms with Crippen LogP contribution in [0.15, 0.2) is 24.3 Å². The number of aliphatic hydroxyl groups excluding tert-OH is 1. The molecule has 0 saturated heterocycles. The Morgan fingerprint density at radius 2 is 1.68 bits per heavy atom. The van der Waals surface area contributed by atoms with Crippen molar-refractivity contribution in [2.24, 2.45) is 5.92 Å². The van der Waals surface area contributed by atoms with E-state index in [4.69, 9.17) is 5.11 Å². The van der Waals surface area contributed by atoms with Gasteiger partial charge in [-0.1, -0.05) is 24.3 Å². The molecule has 0 radical (unpaired) electrons. The molecule has 0 bridgehead atoms. The van der Waals surface area contributed by atoms with Crippen LogP contribution in [0.5, 0.6) is 0 Å². The van der Waals surface area contributed by atoms with Crippen molar-refractivity contribution < 1.29 is 18.3 Å². The van der Waals surface area contributed by atoms with E-state index >= 15 is 0 Å². The second kappa shape index (κ2) is 5.92. The maximum atomic E-state index is 12.5. The molecule has 106 valence electrons. The lowest BCUT2D eigenvalue weighted by molar-refractivity contribution is -0.147. The lowest BCUT2D eigenvalue weighted by Gasteiger charge is -2.23. The van der Waals surface area contributed by atoms with Crippen LogP contribution in [0.1, 0.15) is 24.0 Å². The molecule has 2 rings (SSSR count). The molecule has 0 aromatic heterocycles. The van der Waals surface area contributed by atoms with E-state index in [1.54, 1.807) is 24.3 Å². The Morgan fingerprint density at radius 3 is 2.16 bits per heavy atom. The average molecular weight is 273 g/mol. The van der Waals surface area contributed by atoms with Crippen molar-refractivity contribution in [3.63, 3.8) is 0 Å².